The highest BCUT2D eigenvalue weighted by molar-refractivity contribution is 5.96. The number of epoxide rings is 1. The highest BCUT2D eigenvalue weighted by Gasteiger charge is 2.76. The van der Waals surface area contributed by atoms with Gasteiger partial charge in [-0.25, -0.2) is 0 Å². The van der Waals surface area contributed by atoms with Crippen LogP contribution in [-0.2, 0) is 54.2 Å². The molecule has 350 valence electrons. The Labute approximate surface area is 372 Å². The molecule has 63 heavy (non-hydrogen) atoms. The van der Waals surface area contributed by atoms with Gasteiger partial charge in [-0.3, -0.25) is 24.0 Å². The molecular formula is C48H71N3O12. The summed E-state index contributed by atoms with van der Waals surface area (Å²) in [5.41, 5.74) is -0.454. The lowest BCUT2D eigenvalue weighted by atomic mass is 9.62. The maximum atomic E-state index is 15.2. The first kappa shape index (κ1) is 47.5. The number of carbonyl (C=O) groups is 4. The quantitative estimate of drug-likeness (QED) is 0.0719. The van der Waals surface area contributed by atoms with Crippen molar-refractivity contribution in [2.75, 3.05) is 6.61 Å². The Morgan fingerprint density at radius 2 is 1.73 bits per heavy atom. The first-order valence-electron chi connectivity index (χ1n) is 23.6. The summed E-state index contributed by atoms with van der Waals surface area (Å²) in [5, 5.41) is 28.2. The molecule has 0 aromatic heterocycles. The number of hydrogen-bond donors (Lipinski definition) is 4. The summed E-state index contributed by atoms with van der Waals surface area (Å²) in [6, 6.07) is 4.41. The van der Waals surface area contributed by atoms with Crippen LogP contribution in [0.3, 0.4) is 0 Å². The van der Waals surface area contributed by atoms with Gasteiger partial charge in [-0.1, -0.05) is 75.9 Å². The average Bonchev–Trinajstić information content (AvgIpc) is 3.78. The Morgan fingerprint density at radius 1 is 1.00 bits per heavy atom. The maximum absolute atomic E-state index is 15.2. The molecule has 6 fully saturated rings. The van der Waals surface area contributed by atoms with Crippen molar-refractivity contribution in [3.05, 3.63) is 41.5 Å². The minimum Gasteiger partial charge on any atom is -0.460 e. The number of hydroxylamine groups is 2. The molecule has 0 radical (unpaired) electrons. The lowest BCUT2D eigenvalue weighted by molar-refractivity contribution is -0.224. The smallest absolute Gasteiger partial charge is 0.327 e. The van der Waals surface area contributed by atoms with Gasteiger partial charge in [-0.2, -0.15) is 5.06 Å². The van der Waals surface area contributed by atoms with E-state index >= 15 is 4.79 Å². The summed E-state index contributed by atoms with van der Waals surface area (Å²) in [7, 11) is 0. The van der Waals surface area contributed by atoms with E-state index in [9.17, 15) is 24.6 Å². The summed E-state index contributed by atoms with van der Waals surface area (Å²) in [5.74, 6) is -3.08. The number of hydrogen-bond acceptors (Lipinski definition) is 13. The number of esters is 2. The molecule has 0 spiro atoms. The van der Waals surface area contributed by atoms with E-state index in [1.165, 1.54) is 12.0 Å². The molecule has 4 heterocycles. The lowest BCUT2D eigenvalue weighted by Crippen LogP contribution is -2.71. The summed E-state index contributed by atoms with van der Waals surface area (Å²) in [6.07, 6.45) is 10.7. The molecule has 4 aliphatic heterocycles. The Kier molecular flexibility index (Phi) is 15.1. The minimum absolute atomic E-state index is 0.0416. The maximum Gasteiger partial charge on any atom is 0.327 e. The lowest BCUT2D eigenvalue weighted by Gasteiger charge is -2.49. The van der Waals surface area contributed by atoms with Gasteiger partial charge in [0.25, 0.3) is 0 Å². The van der Waals surface area contributed by atoms with Crippen LogP contribution in [0.2, 0.25) is 0 Å². The number of amides is 2. The van der Waals surface area contributed by atoms with E-state index in [4.69, 9.17) is 28.5 Å². The van der Waals surface area contributed by atoms with Crippen molar-refractivity contribution in [3.8, 4) is 0 Å². The van der Waals surface area contributed by atoms with Crippen molar-refractivity contribution in [2.24, 2.45) is 11.3 Å². The van der Waals surface area contributed by atoms with E-state index in [1.807, 2.05) is 24.3 Å². The van der Waals surface area contributed by atoms with Crippen LogP contribution < -0.4 is 10.6 Å². The number of benzene rings is 1. The number of unbranched alkanes of at least 4 members (excludes halogenated alkanes) is 4. The monoisotopic (exact) mass is 882 g/mol. The molecule has 15 nitrogen and oxygen atoms in total. The molecule has 1 aromatic carbocycles. The molecule has 7 rings (SSSR count). The first-order valence-corrected chi connectivity index (χ1v) is 23.6. The van der Waals surface area contributed by atoms with E-state index in [-0.39, 0.29) is 25.8 Å². The molecule has 4 N–H and O–H groups in total. The molecule has 3 unspecified atom stereocenters. The second kappa shape index (κ2) is 20.0. The van der Waals surface area contributed by atoms with Crippen molar-refractivity contribution in [3.63, 3.8) is 0 Å². The van der Waals surface area contributed by atoms with Crippen molar-refractivity contribution >= 4 is 29.8 Å². The van der Waals surface area contributed by atoms with Crippen molar-refractivity contribution in [1.29, 1.82) is 0 Å². The Balaban J connectivity index is 1.16. The number of ether oxygens (including phenoxy) is 5. The van der Waals surface area contributed by atoms with Crippen LogP contribution in [0.1, 0.15) is 143 Å². The number of fused-ring (bicyclic) bond motifs is 5. The predicted octanol–water partition coefficient (Wildman–Crippen LogP) is 5.17. The topological polar surface area (TPSA) is 195 Å². The van der Waals surface area contributed by atoms with Gasteiger partial charge in [0.1, 0.15) is 41.5 Å². The van der Waals surface area contributed by atoms with Crippen LogP contribution in [0.5, 0.6) is 0 Å². The number of allylic oxidation sites excluding steroid dienone is 1. The zero-order valence-corrected chi connectivity index (χ0v) is 38.1. The molecule has 2 bridgehead atoms. The number of rotatable bonds is 21. The van der Waals surface area contributed by atoms with Crippen LogP contribution in [-0.4, -0.2) is 118 Å². The summed E-state index contributed by atoms with van der Waals surface area (Å²) >= 11 is 0. The Hall–Kier alpha value is -3.44. The Bertz CT molecular complexity index is 1810. The number of carbonyl (C=O) groups excluding carboxylic acids is 4. The fourth-order valence-electron chi connectivity index (χ4n) is 10.4. The third-order valence-electron chi connectivity index (χ3n) is 13.6. The zero-order chi connectivity index (χ0) is 45.1. The number of aliphatic hydroxyl groups is 2. The fourth-order valence-corrected chi connectivity index (χ4v) is 10.4. The Morgan fingerprint density at radius 3 is 2.40 bits per heavy atom. The molecule has 2 amide bonds. The van der Waals surface area contributed by atoms with Gasteiger partial charge < -0.3 is 44.5 Å². The number of aliphatic hydroxyl groups excluding tert-OH is 2. The highest BCUT2D eigenvalue weighted by atomic mass is 16.8. The molecule has 15 heteroatoms. The van der Waals surface area contributed by atoms with Crippen molar-refractivity contribution in [1.82, 2.24) is 15.7 Å². The molecular weight excluding hydrogens is 811 g/mol. The fraction of sp³-hybridized carbons (Fsp3) is 0.750. The van der Waals surface area contributed by atoms with Crippen LogP contribution >= 0.6 is 0 Å². The third-order valence-corrected chi connectivity index (χ3v) is 13.6. The van der Waals surface area contributed by atoms with E-state index in [0.29, 0.717) is 31.0 Å². The van der Waals surface area contributed by atoms with Gasteiger partial charge >= 0.3 is 11.9 Å². The molecule has 4 saturated heterocycles. The van der Waals surface area contributed by atoms with Crippen molar-refractivity contribution in [2.45, 2.75) is 210 Å². The second-order valence-corrected chi connectivity index (χ2v) is 19.8. The standard InChI is InChI=1S/C48H71N3O12/c1-7-9-11-22-47(23-12-10-8-2)61-39-36-26-48(45(57)50-38(29(3)53)43(55)49-33(28-52)19-21-37(54)60-46(4,5)6)41(44(56)59-36)51(63-42(48)40(39)62-47)27-32-15-13-14-30(24-32)16-17-31-18-20-34-35(25-31)58-34/h13-17,24,29,31,33-36,38-42,52-53H,7-12,18-23,25-28H2,1-6H3,(H,49,55)(H,50,57)/t29-,31?,33-,34?,35?,36+,38+,39-,40-,41+,42+,48+/m0/s1. The van der Waals surface area contributed by atoms with E-state index in [2.05, 4.69) is 36.6 Å². The van der Waals surface area contributed by atoms with Gasteiger partial charge in [0.15, 0.2) is 11.8 Å². The van der Waals surface area contributed by atoms with Crippen LogP contribution in [0.15, 0.2) is 30.3 Å². The third kappa shape index (κ3) is 10.8. The molecule has 2 aliphatic carbocycles. The van der Waals surface area contributed by atoms with Crippen molar-refractivity contribution < 1.29 is 57.9 Å². The number of nitrogens with zero attached hydrogens (tertiary/aromatic N) is 1. The first-order chi connectivity index (χ1) is 30.1. The minimum atomic E-state index is -1.60. The predicted molar refractivity (Wildman–Crippen MR) is 231 cm³/mol. The largest absolute Gasteiger partial charge is 0.460 e. The van der Waals surface area contributed by atoms with Gasteiger partial charge in [-0.15, -0.1) is 0 Å². The van der Waals surface area contributed by atoms with E-state index in [1.54, 1.807) is 20.8 Å². The molecule has 1 aromatic rings. The molecule has 2 saturated carbocycles. The summed E-state index contributed by atoms with van der Waals surface area (Å²) in [4.78, 5) is 62.8. The van der Waals surface area contributed by atoms with Crippen LogP contribution in [0.25, 0.3) is 6.08 Å². The van der Waals surface area contributed by atoms with Gasteiger partial charge in [0, 0.05) is 25.7 Å². The van der Waals surface area contributed by atoms with Gasteiger partial charge in [0.2, 0.25) is 11.8 Å². The normalized spacial score (nSPS) is 32.0. The SMILES string of the molecule is CCCCCC1(CCCCC)O[C@@H]2[C@H](O1)[C@H]1ON(Cc3cccc(C=CC4CCC5OC5C4)c3)[C@@H]3C(=O)O[C@@H]2C[C@]13C(=O)N[C@@H](C(=O)N[C@H](CO)CCC(=O)OC(C)(C)C)[C@H](C)O. The van der Waals surface area contributed by atoms with Gasteiger partial charge in [-0.05, 0) is 83.3 Å². The zero-order valence-electron chi connectivity index (χ0n) is 38.1. The number of nitrogens with one attached hydrogen (secondary N) is 2. The average molecular weight is 882 g/mol. The van der Waals surface area contributed by atoms with Crippen LogP contribution in [0.4, 0.5) is 0 Å². The highest BCUT2D eigenvalue weighted by Crippen LogP contribution is 2.58. The second-order valence-electron chi connectivity index (χ2n) is 19.8. The molecule has 6 aliphatic rings. The van der Waals surface area contributed by atoms with Crippen LogP contribution in [0, 0.1) is 11.3 Å². The molecule has 12 atom stereocenters. The van der Waals surface area contributed by atoms with E-state index in [0.717, 1.165) is 68.9 Å². The van der Waals surface area contributed by atoms with Gasteiger partial charge in [0.05, 0.1) is 37.5 Å². The summed E-state index contributed by atoms with van der Waals surface area (Å²) in [6.45, 7) is 10.6. The summed E-state index contributed by atoms with van der Waals surface area (Å²) < 4.78 is 31.2. The van der Waals surface area contributed by atoms with E-state index < -0.39 is 95.8 Å².